The molecule has 2 aliphatic heterocycles. The summed E-state index contributed by atoms with van der Waals surface area (Å²) in [4.78, 5) is 27.0. The topological polar surface area (TPSA) is 143 Å². The molecule has 1 aromatic heterocycles. The number of rotatable bonds is 5. The summed E-state index contributed by atoms with van der Waals surface area (Å²) in [5, 5.41) is 33.3. The summed E-state index contributed by atoms with van der Waals surface area (Å²) in [6.45, 7) is 1.76. The van der Waals surface area contributed by atoms with E-state index in [9.17, 15) is 24.9 Å². The highest BCUT2D eigenvalue weighted by Crippen LogP contribution is 2.33. The number of esters is 1. The summed E-state index contributed by atoms with van der Waals surface area (Å²) in [6.07, 6.45) is -2.10. The number of aromatic hydroxyl groups is 1. The predicted octanol–water partition coefficient (Wildman–Crippen LogP) is -1.29. The Balaban J connectivity index is 1.64. The van der Waals surface area contributed by atoms with Gasteiger partial charge in [0.15, 0.2) is 17.7 Å². The second-order valence-electron chi connectivity index (χ2n) is 6.21. The second kappa shape index (κ2) is 7.08. The number of ketones is 1. The molecule has 3 heterocycles. The minimum Gasteiger partial charge on any atom is -0.493 e. The van der Waals surface area contributed by atoms with Crippen molar-refractivity contribution < 1.29 is 34.4 Å². The molecule has 0 amide bonds. The third-order valence-electron chi connectivity index (χ3n) is 4.45. The lowest BCUT2D eigenvalue weighted by Crippen LogP contribution is -2.37. The first-order valence-corrected chi connectivity index (χ1v) is 8.08. The minimum absolute atomic E-state index is 0.160. The molecule has 10 nitrogen and oxygen atoms in total. The van der Waals surface area contributed by atoms with E-state index in [1.54, 1.807) is 0 Å². The zero-order valence-electron chi connectivity index (χ0n) is 13.7. The molecule has 138 valence electrons. The third-order valence-corrected chi connectivity index (χ3v) is 4.45. The zero-order valence-corrected chi connectivity index (χ0v) is 13.7. The lowest BCUT2D eigenvalue weighted by atomic mass is 10.1. The Bertz CT molecular complexity index is 656. The summed E-state index contributed by atoms with van der Waals surface area (Å²) in [7, 11) is 0. The lowest BCUT2D eigenvalue weighted by molar-refractivity contribution is -0.152. The van der Waals surface area contributed by atoms with Gasteiger partial charge in [0, 0.05) is 6.92 Å². The van der Waals surface area contributed by atoms with Gasteiger partial charge in [-0.2, -0.15) is 0 Å². The van der Waals surface area contributed by atoms with E-state index in [-0.39, 0.29) is 18.3 Å². The van der Waals surface area contributed by atoms with Crippen LogP contribution in [0, 0.1) is 0 Å². The number of imidazole rings is 1. The lowest BCUT2D eigenvalue weighted by Gasteiger charge is -2.17. The van der Waals surface area contributed by atoms with Gasteiger partial charge in [0.2, 0.25) is 5.88 Å². The number of hydrogen-bond donors (Lipinski definition) is 4. The summed E-state index contributed by atoms with van der Waals surface area (Å²) in [5.74, 6) is -1.34. The normalized spacial score (nSPS) is 32.0. The van der Waals surface area contributed by atoms with E-state index in [2.05, 4.69) is 10.3 Å². The van der Waals surface area contributed by atoms with Crippen LogP contribution in [-0.2, 0) is 14.3 Å². The predicted molar refractivity (Wildman–Crippen MR) is 81.8 cm³/mol. The van der Waals surface area contributed by atoms with Crippen LogP contribution in [0.5, 0.6) is 5.88 Å². The monoisotopic (exact) mass is 355 g/mol. The van der Waals surface area contributed by atoms with Gasteiger partial charge in [-0.1, -0.05) is 0 Å². The van der Waals surface area contributed by atoms with Crippen LogP contribution in [0.3, 0.4) is 0 Å². The molecule has 0 aliphatic carbocycles. The number of aromatic nitrogens is 2. The van der Waals surface area contributed by atoms with E-state index in [1.807, 2.05) is 0 Å². The molecule has 5 atom stereocenters. The molecule has 0 radical (unpaired) electrons. The van der Waals surface area contributed by atoms with Crippen molar-refractivity contribution in [1.29, 1.82) is 0 Å². The molecule has 1 aromatic rings. The molecular formula is C15H21N3O7. The Hall–Kier alpha value is -2.01. The summed E-state index contributed by atoms with van der Waals surface area (Å²) in [6, 6.07) is -0.366. The number of carbonyl (C=O) groups is 2. The molecule has 4 N–H and O–H groups in total. The highest BCUT2D eigenvalue weighted by atomic mass is 16.6. The second-order valence-corrected chi connectivity index (χ2v) is 6.21. The highest BCUT2D eigenvalue weighted by molar-refractivity contribution is 5.94. The van der Waals surface area contributed by atoms with Gasteiger partial charge in [0.05, 0.1) is 0 Å². The maximum atomic E-state index is 11.9. The number of hydrogen-bond acceptors (Lipinski definition) is 9. The first-order valence-electron chi connectivity index (χ1n) is 8.08. The quantitative estimate of drug-likeness (QED) is 0.374. The van der Waals surface area contributed by atoms with Gasteiger partial charge in [-0.25, -0.2) is 4.98 Å². The smallest absolute Gasteiger partial charge is 0.323 e. The first kappa shape index (κ1) is 17.8. The maximum absolute atomic E-state index is 11.9. The Labute approximate surface area is 143 Å². The Morgan fingerprint density at radius 1 is 1.44 bits per heavy atom. The molecule has 10 heteroatoms. The van der Waals surface area contributed by atoms with E-state index < -0.39 is 42.2 Å². The van der Waals surface area contributed by atoms with E-state index >= 15 is 0 Å². The fourth-order valence-electron chi connectivity index (χ4n) is 3.04. The maximum Gasteiger partial charge on any atom is 0.323 e. The summed E-state index contributed by atoms with van der Waals surface area (Å²) < 4.78 is 11.7. The van der Waals surface area contributed by atoms with Gasteiger partial charge in [-0.15, -0.1) is 0 Å². The Kier molecular flexibility index (Phi) is 5.04. The van der Waals surface area contributed by atoms with E-state index in [1.165, 1.54) is 6.92 Å². The highest BCUT2D eigenvalue weighted by Gasteiger charge is 2.45. The number of nitrogens with one attached hydrogen (secondary N) is 1. The Morgan fingerprint density at radius 3 is 2.80 bits per heavy atom. The van der Waals surface area contributed by atoms with Crippen LogP contribution in [0.1, 0.15) is 36.5 Å². The molecule has 0 bridgehead atoms. The van der Waals surface area contributed by atoms with Crippen molar-refractivity contribution in [3.8, 4) is 5.88 Å². The standard InChI is InChI=1S/C15H21N3O7/c1-7(19)10-13(22)18(6-17-10)14-12(21)11(20)9(25-14)5-24-15(23)8-3-2-4-16-8/h6,8-9,11-12,14,16,20-22H,2-5H2,1H3/t8-,9+,11?,12+,14+/m0/s1. The fraction of sp³-hybridized carbons (Fsp3) is 0.667. The van der Waals surface area contributed by atoms with Crippen molar-refractivity contribution in [2.24, 2.45) is 0 Å². The number of nitrogens with zero attached hydrogens (tertiary/aromatic N) is 2. The molecule has 0 saturated carbocycles. The van der Waals surface area contributed by atoms with Crippen LogP contribution in [0.15, 0.2) is 6.33 Å². The molecule has 2 saturated heterocycles. The summed E-state index contributed by atoms with van der Waals surface area (Å²) >= 11 is 0. The number of Topliss-reactive ketones (excluding diaryl/α,β-unsaturated/α-hetero) is 1. The average Bonchev–Trinajstić information content (AvgIpc) is 3.28. The van der Waals surface area contributed by atoms with Gasteiger partial charge in [-0.3, -0.25) is 14.2 Å². The van der Waals surface area contributed by atoms with Crippen LogP contribution in [0.4, 0.5) is 0 Å². The van der Waals surface area contributed by atoms with Gasteiger partial charge < -0.3 is 30.1 Å². The van der Waals surface area contributed by atoms with Gasteiger partial charge >= 0.3 is 5.97 Å². The van der Waals surface area contributed by atoms with Crippen LogP contribution in [-0.4, -0.2) is 74.1 Å². The molecule has 2 fully saturated rings. The molecule has 2 aliphatic rings. The fourth-order valence-corrected chi connectivity index (χ4v) is 3.04. The third kappa shape index (κ3) is 3.38. The molecule has 3 rings (SSSR count). The van der Waals surface area contributed by atoms with Crippen LogP contribution >= 0.6 is 0 Å². The van der Waals surface area contributed by atoms with Crippen molar-refractivity contribution in [3.05, 3.63) is 12.0 Å². The van der Waals surface area contributed by atoms with Crippen LogP contribution in [0.2, 0.25) is 0 Å². The van der Waals surface area contributed by atoms with Gasteiger partial charge in [0.1, 0.15) is 37.3 Å². The minimum atomic E-state index is -1.38. The largest absolute Gasteiger partial charge is 0.493 e. The number of aliphatic hydroxyl groups excluding tert-OH is 2. The van der Waals surface area contributed by atoms with Gasteiger partial charge in [0.25, 0.3) is 0 Å². The molecule has 0 spiro atoms. The molecule has 25 heavy (non-hydrogen) atoms. The zero-order chi connectivity index (χ0) is 18.1. The Morgan fingerprint density at radius 2 is 2.20 bits per heavy atom. The molecular weight excluding hydrogens is 334 g/mol. The first-order chi connectivity index (χ1) is 11.9. The average molecular weight is 355 g/mol. The van der Waals surface area contributed by atoms with E-state index in [0.29, 0.717) is 6.42 Å². The van der Waals surface area contributed by atoms with Crippen molar-refractivity contribution in [3.63, 3.8) is 0 Å². The van der Waals surface area contributed by atoms with Crippen molar-refractivity contribution in [1.82, 2.24) is 14.9 Å². The van der Waals surface area contributed by atoms with Crippen LogP contribution < -0.4 is 5.32 Å². The van der Waals surface area contributed by atoms with Crippen LogP contribution in [0.25, 0.3) is 0 Å². The summed E-state index contributed by atoms with van der Waals surface area (Å²) in [5.41, 5.74) is -0.160. The van der Waals surface area contributed by atoms with E-state index in [0.717, 1.165) is 23.9 Å². The van der Waals surface area contributed by atoms with Crippen molar-refractivity contribution in [2.45, 2.75) is 50.3 Å². The SMILES string of the molecule is CC(=O)c1ncn([C@@H]2O[C@H](COC(=O)[C@@H]3CCCN3)C(O)[C@H]2O)c1O. The van der Waals surface area contributed by atoms with Gasteiger partial charge in [-0.05, 0) is 19.4 Å². The number of aliphatic hydroxyl groups is 2. The molecule has 0 aromatic carbocycles. The van der Waals surface area contributed by atoms with E-state index in [4.69, 9.17) is 9.47 Å². The van der Waals surface area contributed by atoms with Crippen molar-refractivity contribution >= 4 is 11.8 Å². The number of ether oxygens (including phenoxy) is 2. The number of carbonyl (C=O) groups excluding carboxylic acids is 2. The van der Waals surface area contributed by atoms with Crippen molar-refractivity contribution in [2.75, 3.05) is 13.2 Å². The molecule has 1 unspecified atom stereocenters.